The molecular weight excluding hydrogens is 399 g/mol. The smallest absolute Gasteiger partial charge is 0.416 e. The first-order valence-electron chi connectivity index (χ1n) is 9.89. The number of piperazine rings is 1. The van der Waals surface area contributed by atoms with Crippen molar-refractivity contribution in [3.63, 3.8) is 0 Å². The van der Waals surface area contributed by atoms with E-state index < -0.39 is 11.7 Å². The van der Waals surface area contributed by atoms with Gasteiger partial charge in [-0.3, -0.25) is 4.79 Å². The summed E-state index contributed by atoms with van der Waals surface area (Å²) < 4.78 is 49.2. The number of benzene rings is 2. The molecular formula is C21H24F3N3O3+2. The van der Waals surface area contributed by atoms with E-state index in [1.807, 2.05) is 18.2 Å². The normalized spacial score (nSPS) is 20.8. The molecule has 0 spiro atoms. The fraction of sp³-hybridized carbons (Fsp3) is 0.381. The van der Waals surface area contributed by atoms with Crippen LogP contribution in [-0.4, -0.2) is 45.4 Å². The molecule has 2 aliphatic rings. The molecule has 0 aliphatic carbocycles. The van der Waals surface area contributed by atoms with Crippen LogP contribution in [-0.2, 0) is 17.5 Å². The van der Waals surface area contributed by atoms with Gasteiger partial charge < -0.3 is 24.6 Å². The third-order valence-electron chi connectivity index (χ3n) is 5.44. The summed E-state index contributed by atoms with van der Waals surface area (Å²) in [5.74, 6) is 1.28. The first-order valence-corrected chi connectivity index (χ1v) is 9.89. The number of rotatable bonds is 5. The molecule has 3 N–H and O–H groups in total. The predicted molar refractivity (Wildman–Crippen MR) is 103 cm³/mol. The third kappa shape index (κ3) is 5.03. The minimum Gasteiger partial charge on any atom is -0.454 e. The molecule has 1 saturated heterocycles. The minimum absolute atomic E-state index is 0.168. The van der Waals surface area contributed by atoms with Crippen molar-refractivity contribution in [2.75, 3.05) is 44.8 Å². The highest BCUT2D eigenvalue weighted by Gasteiger charge is 2.31. The number of halogens is 3. The standard InChI is InChI=1S/C21H22F3N3O3/c22-21(23,24)16-2-1-3-17(11-16)25-20(28)13-27-8-6-26(7-9-27)12-15-4-5-18-19(10-15)30-14-29-18/h1-5,10-11H,6-9,12-14H2,(H,25,28)/p+2. The van der Waals surface area contributed by atoms with Crippen molar-refractivity contribution in [2.45, 2.75) is 12.7 Å². The van der Waals surface area contributed by atoms with Crippen LogP contribution >= 0.6 is 0 Å². The summed E-state index contributed by atoms with van der Waals surface area (Å²) in [6.45, 7) is 4.87. The molecule has 2 aliphatic heterocycles. The number of quaternary nitrogens is 2. The molecule has 0 saturated carbocycles. The number of hydrogen-bond donors (Lipinski definition) is 3. The first-order chi connectivity index (χ1) is 14.4. The Morgan fingerprint density at radius 2 is 1.70 bits per heavy atom. The lowest BCUT2D eigenvalue weighted by atomic mass is 10.1. The number of anilines is 1. The van der Waals surface area contributed by atoms with Crippen molar-refractivity contribution in [1.82, 2.24) is 0 Å². The highest BCUT2D eigenvalue weighted by atomic mass is 19.4. The Labute approximate surface area is 172 Å². The van der Waals surface area contributed by atoms with Gasteiger partial charge in [0.1, 0.15) is 32.7 Å². The van der Waals surface area contributed by atoms with Crippen LogP contribution in [0.5, 0.6) is 11.5 Å². The van der Waals surface area contributed by atoms with Gasteiger partial charge in [0.25, 0.3) is 5.91 Å². The van der Waals surface area contributed by atoms with E-state index in [1.165, 1.54) is 22.6 Å². The fourth-order valence-electron chi connectivity index (χ4n) is 3.86. The molecule has 6 nitrogen and oxygen atoms in total. The molecule has 0 bridgehead atoms. The van der Waals surface area contributed by atoms with Crippen molar-refractivity contribution in [1.29, 1.82) is 0 Å². The Morgan fingerprint density at radius 1 is 0.967 bits per heavy atom. The molecule has 1 fully saturated rings. The lowest BCUT2D eigenvalue weighted by Gasteiger charge is -2.29. The average Bonchev–Trinajstić information content (AvgIpc) is 3.17. The lowest BCUT2D eigenvalue weighted by Crippen LogP contribution is -3.28. The fourth-order valence-corrected chi connectivity index (χ4v) is 3.86. The molecule has 30 heavy (non-hydrogen) atoms. The number of fused-ring (bicyclic) bond motifs is 1. The van der Waals surface area contributed by atoms with Crippen molar-refractivity contribution in [3.05, 3.63) is 53.6 Å². The molecule has 0 unspecified atom stereocenters. The predicted octanol–water partition coefficient (Wildman–Crippen LogP) is 0.356. The Morgan fingerprint density at radius 3 is 2.47 bits per heavy atom. The summed E-state index contributed by atoms with van der Waals surface area (Å²) in [7, 11) is 0. The quantitative estimate of drug-likeness (QED) is 0.651. The number of nitrogens with one attached hydrogen (secondary N) is 3. The average molecular weight is 423 g/mol. The van der Waals surface area contributed by atoms with Gasteiger partial charge in [0.05, 0.1) is 5.56 Å². The van der Waals surface area contributed by atoms with E-state index in [-0.39, 0.29) is 24.9 Å². The van der Waals surface area contributed by atoms with Crippen LogP contribution in [0, 0.1) is 0 Å². The SMILES string of the molecule is O=C(C[NH+]1CC[NH+](Cc2ccc3c(c2)OCO3)CC1)Nc1cccc(C(F)(F)F)c1. The number of hydrogen-bond acceptors (Lipinski definition) is 3. The van der Waals surface area contributed by atoms with Crippen LogP contribution in [0.2, 0.25) is 0 Å². The maximum absolute atomic E-state index is 12.8. The highest BCUT2D eigenvalue weighted by Crippen LogP contribution is 2.32. The number of ether oxygens (including phenoxy) is 2. The minimum atomic E-state index is -4.43. The summed E-state index contributed by atoms with van der Waals surface area (Å²) in [6.07, 6.45) is -4.43. The highest BCUT2D eigenvalue weighted by molar-refractivity contribution is 5.91. The molecule has 0 radical (unpaired) electrons. The van der Waals surface area contributed by atoms with Crippen LogP contribution in [0.4, 0.5) is 18.9 Å². The van der Waals surface area contributed by atoms with E-state index in [2.05, 4.69) is 5.32 Å². The van der Waals surface area contributed by atoms with Gasteiger partial charge in [0.2, 0.25) is 6.79 Å². The maximum Gasteiger partial charge on any atom is 0.416 e. The van der Waals surface area contributed by atoms with Gasteiger partial charge in [-0.1, -0.05) is 6.07 Å². The summed E-state index contributed by atoms with van der Waals surface area (Å²) >= 11 is 0. The van der Waals surface area contributed by atoms with Crippen molar-refractivity contribution in [2.24, 2.45) is 0 Å². The number of carbonyl (C=O) groups is 1. The number of carbonyl (C=O) groups excluding carboxylic acids is 1. The Kier molecular flexibility index (Phi) is 5.83. The van der Waals surface area contributed by atoms with E-state index in [1.54, 1.807) is 0 Å². The lowest BCUT2D eigenvalue weighted by molar-refractivity contribution is -1.02. The molecule has 4 rings (SSSR count). The van der Waals surface area contributed by atoms with E-state index in [9.17, 15) is 18.0 Å². The van der Waals surface area contributed by atoms with Gasteiger partial charge in [-0.15, -0.1) is 0 Å². The van der Waals surface area contributed by atoms with Crippen molar-refractivity contribution < 1.29 is 37.2 Å². The maximum atomic E-state index is 12.8. The first kappa shape index (κ1) is 20.5. The van der Waals surface area contributed by atoms with E-state index >= 15 is 0 Å². The van der Waals surface area contributed by atoms with Gasteiger partial charge in [0, 0.05) is 11.3 Å². The van der Waals surface area contributed by atoms with Gasteiger partial charge >= 0.3 is 6.18 Å². The van der Waals surface area contributed by atoms with Gasteiger partial charge in [-0.25, -0.2) is 0 Å². The van der Waals surface area contributed by atoms with E-state index in [0.29, 0.717) is 0 Å². The van der Waals surface area contributed by atoms with Crippen LogP contribution in [0.15, 0.2) is 42.5 Å². The van der Waals surface area contributed by atoms with Crippen LogP contribution in [0.1, 0.15) is 11.1 Å². The van der Waals surface area contributed by atoms with Crippen molar-refractivity contribution >= 4 is 11.6 Å². The second kappa shape index (κ2) is 8.53. The Hall–Kier alpha value is -2.78. The summed E-state index contributed by atoms with van der Waals surface area (Å²) in [4.78, 5) is 14.8. The summed E-state index contributed by atoms with van der Waals surface area (Å²) in [6, 6.07) is 10.7. The molecule has 160 valence electrons. The second-order valence-electron chi connectivity index (χ2n) is 7.67. The molecule has 2 aromatic carbocycles. The third-order valence-corrected chi connectivity index (χ3v) is 5.44. The van der Waals surface area contributed by atoms with Gasteiger partial charge in [0.15, 0.2) is 18.0 Å². The molecule has 9 heteroatoms. The van der Waals surface area contributed by atoms with E-state index in [0.717, 1.165) is 61.3 Å². The molecule has 0 aromatic heterocycles. The van der Waals surface area contributed by atoms with Crippen LogP contribution in [0.25, 0.3) is 0 Å². The zero-order valence-electron chi connectivity index (χ0n) is 16.3. The monoisotopic (exact) mass is 423 g/mol. The van der Waals surface area contributed by atoms with E-state index in [4.69, 9.17) is 9.47 Å². The largest absolute Gasteiger partial charge is 0.454 e. The van der Waals surface area contributed by atoms with Crippen LogP contribution in [0.3, 0.4) is 0 Å². The number of alkyl halides is 3. The van der Waals surface area contributed by atoms with Crippen LogP contribution < -0.4 is 24.6 Å². The van der Waals surface area contributed by atoms with Gasteiger partial charge in [-0.2, -0.15) is 13.2 Å². The molecule has 2 heterocycles. The zero-order valence-corrected chi connectivity index (χ0v) is 16.3. The summed E-state index contributed by atoms with van der Waals surface area (Å²) in [5, 5.41) is 2.58. The van der Waals surface area contributed by atoms with Crippen molar-refractivity contribution in [3.8, 4) is 11.5 Å². The zero-order chi connectivity index (χ0) is 21.1. The molecule has 0 atom stereocenters. The Balaban J connectivity index is 1.24. The van der Waals surface area contributed by atoms with Gasteiger partial charge in [-0.05, 0) is 36.4 Å². The molecule has 1 amide bonds. The molecule has 2 aromatic rings. The Bertz CT molecular complexity index is 912. The summed E-state index contributed by atoms with van der Waals surface area (Å²) in [5.41, 5.74) is 0.578. The number of amides is 1. The second-order valence-corrected chi connectivity index (χ2v) is 7.67. The topological polar surface area (TPSA) is 56.4 Å².